The van der Waals surface area contributed by atoms with E-state index < -0.39 is 16.0 Å². The molecule has 0 atom stereocenters. The van der Waals surface area contributed by atoms with E-state index in [-0.39, 0.29) is 23.6 Å². The van der Waals surface area contributed by atoms with Crippen LogP contribution in [-0.4, -0.2) is 49.4 Å². The van der Waals surface area contributed by atoms with Crippen molar-refractivity contribution in [2.75, 3.05) is 20.3 Å². The highest BCUT2D eigenvalue weighted by Crippen LogP contribution is 2.25. The number of aromatic carboxylic acids is 1. The van der Waals surface area contributed by atoms with E-state index in [0.717, 1.165) is 11.6 Å². The minimum atomic E-state index is -3.88. The standard InChI is InChI=1S/C17H17N3O5S/c1-25-8-7-19-26(23,24)15-10-12(9-13(11-15)17(21)22)16-4-2-3-14-5-6-18-20(14)16/h2-6,9-11,19H,7-8H2,1H3,(H,21,22). The van der Waals surface area contributed by atoms with Crippen LogP contribution in [0.3, 0.4) is 0 Å². The number of pyridine rings is 1. The second-order valence-corrected chi connectivity index (χ2v) is 7.29. The molecule has 1 aromatic carbocycles. The van der Waals surface area contributed by atoms with Crippen LogP contribution in [0.25, 0.3) is 16.8 Å². The van der Waals surface area contributed by atoms with Crippen LogP contribution in [0.15, 0.2) is 53.6 Å². The molecule has 3 aromatic rings. The van der Waals surface area contributed by atoms with Crippen molar-refractivity contribution in [3.63, 3.8) is 0 Å². The van der Waals surface area contributed by atoms with E-state index in [1.54, 1.807) is 28.9 Å². The summed E-state index contributed by atoms with van der Waals surface area (Å²) in [6, 6.07) is 11.2. The number of carboxylic acids is 1. The molecule has 0 bridgehead atoms. The number of methoxy groups -OCH3 is 1. The van der Waals surface area contributed by atoms with Gasteiger partial charge in [0.25, 0.3) is 0 Å². The maximum atomic E-state index is 12.5. The Hall–Kier alpha value is -2.75. The number of nitrogens with one attached hydrogen (secondary N) is 1. The van der Waals surface area contributed by atoms with Gasteiger partial charge in [0.2, 0.25) is 10.0 Å². The van der Waals surface area contributed by atoms with Crippen molar-refractivity contribution in [2.45, 2.75) is 4.90 Å². The van der Waals surface area contributed by atoms with Crippen molar-refractivity contribution in [2.24, 2.45) is 0 Å². The Balaban J connectivity index is 2.13. The molecule has 136 valence electrons. The van der Waals surface area contributed by atoms with Gasteiger partial charge in [-0.1, -0.05) is 6.07 Å². The highest BCUT2D eigenvalue weighted by atomic mass is 32.2. The summed E-state index contributed by atoms with van der Waals surface area (Å²) in [5.74, 6) is -1.21. The second-order valence-electron chi connectivity index (χ2n) is 5.52. The van der Waals surface area contributed by atoms with Gasteiger partial charge in [-0.3, -0.25) is 0 Å². The number of sulfonamides is 1. The quantitative estimate of drug-likeness (QED) is 0.607. The molecule has 0 radical (unpaired) electrons. The number of fused-ring (bicyclic) bond motifs is 1. The molecule has 9 heteroatoms. The fourth-order valence-corrected chi connectivity index (χ4v) is 3.64. The van der Waals surface area contributed by atoms with Gasteiger partial charge < -0.3 is 9.84 Å². The molecule has 2 aromatic heterocycles. The molecular weight excluding hydrogens is 358 g/mol. The summed E-state index contributed by atoms with van der Waals surface area (Å²) >= 11 is 0. The molecule has 2 N–H and O–H groups in total. The normalized spacial score (nSPS) is 11.7. The first-order chi connectivity index (χ1) is 12.4. The van der Waals surface area contributed by atoms with Gasteiger partial charge in [0.05, 0.1) is 34.5 Å². The van der Waals surface area contributed by atoms with Crippen LogP contribution in [0.2, 0.25) is 0 Å². The maximum absolute atomic E-state index is 12.5. The molecule has 26 heavy (non-hydrogen) atoms. The fraction of sp³-hybridized carbons (Fsp3) is 0.176. The fourth-order valence-electron chi connectivity index (χ4n) is 2.56. The van der Waals surface area contributed by atoms with Gasteiger partial charge in [0, 0.05) is 19.2 Å². The third kappa shape index (κ3) is 3.59. The number of rotatable bonds is 7. The molecule has 8 nitrogen and oxygen atoms in total. The summed E-state index contributed by atoms with van der Waals surface area (Å²) in [7, 11) is -2.42. The molecular formula is C17H17N3O5S. The minimum absolute atomic E-state index is 0.0835. The summed E-state index contributed by atoms with van der Waals surface area (Å²) in [5.41, 5.74) is 1.71. The molecule has 0 aliphatic heterocycles. The van der Waals surface area contributed by atoms with E-state index >= 15 is 0 Å². The zero-order chi connectivity index (χ0) is 18.7. The Morgan fingerprint density at radius 2 is 2.08 bits per heavy atom. The monoisotopic (exact) mass is 375 g/mol. The van der Waals surface area contributed by atoms with Crippen molar-refractivity contribution in [3.05, 3.63) is 54.2 Å². The molecule has 0 spiro atoms. The Morgan fingerprint density at radius 1 is 1.27 bits per heavy atom. The molecule has 2 heterocycles. The highest BCUT2D eigenvalue weighted by Gasteiger charge is 2.19. The average molecular weight is 375 g/mol. The summed E-state index contributed by atoms with van der Waals surface area (Å²) in [4.78, 5) is 11.3. The molecule has 3 rings (SSSR count). The number of carboxylic acid groups (broad SMARTS) is 1. The SMILES string of the molecule is COCCNS(=O)(=O)c1cc(C(=O)O)cc(-c2cccc3ccnn23)c1. The van der Waals surface area contributed by atoms with Gasteiger partial charge in [-0.2, -0.15) is 5.10 Å². The third-order valence-electron chi connectivity index (χ3n) is 3.78. The van der Waals surface area contributed by atoms with Crippen LogP contribution in [0, 0.1) is 0 Å². The van der Waals surface area contributed by atoms with Crippen molar-refractivity contribution in [3.8, 4) is 11.3 Å². The first-order valence-electron chi connectivity index (χ1n) is 7.72. The second kappa shape index (κ2) is 7.24. The predicted octanol–water partition coefficient (Wildman–Crippen LogP) is 1.62. The van der Waals surface area contributed by atoms with Crippen LogP contribution in [0.5, 0.6) is 0 Å². The summed E-state index contributed by atoms with van der Waals surface area (Å²) in [6.07, 6.45) is 1.61. The van der Waals surface area contributed by atoms with Crippen LogP contribution in [0.1, 0.15) is 10.4 Å². The highest BCUT2D eigenvalue weighted by molar-refractivity contribution is 7.89. The van der Waals surface area contributed by atoms with E-state index in [0.29, 0.717) is 11.3 Å². The predicted molar refractivity (Wildman–Crippen MR) is 94.7 cm³/mol. The van der Waals surface area contributed by atoms with Crippen molar-refractivity contribution in [1.82, 2.24) is 14.3 Å². The lowest BCUT2D eigenvalue weighted by Crippen LogP contribution is -2.27. The smallest absolute Gasteiger partial charge is 0.335 e. The van der Waals surface area contributed by atoms with E-state index in [4.69, 9.17) is 4.74 Å². The number of ether oxygens (including phenoxy) is 1. The number of carbonyl (C=O) groups is 1. The van der Waals surface area contributed by atoms with Gasteiger partial charge in [-0.25, -0.2) is 22.4 Å². The Labute approximate surface area is 150 Å². The zero-order valence-corrected chi connectivity index (χ0v) is 14.7. The molecule has 0 saturated carbocycles. The minimum Gasteiger partial charge on any atom is -0.478 e. The van der Waals surface area contributed by atoms with Crippen molar-refractivity contribution < 1.29 is 23.1 Å². The summed E-state index contributed by atoms with van der Waals surface area (Å²) in [6.45, 7) is 0.289. The lowest BCUT2D eigenvalue weighted by Gasteiger charge is -2.11. The topological polar surface area (TPSA) is 110 Å². The van der Waals surface area contributed by atoms with Gasteiger partial charge in [-0.05, 0) is 36.4 Å². The summed E-state index contributed by atoms with van der Waals surface area (Å²) < 4.78 is 33.8. The van der Waals surface area contributed by atoms with E-state index in [9.17, 15) is 18.3 Å². The molecule has 0 unspecified atom stereocenters. The zero-order valence-electron chi connectivity index (χ0n) is 13.9. The van der Waals surface area contributed by atoms with Crippen molar-refractivity contribution in [1.29, 1.82) is 0 Å². The molecule has 0 aliphatic carbocycles. The van der Waals surface area contributed by atoms with Crippen LogP contribution >= 0.6 is 0 Å². The van der Waals surface area contributed by atoms with E-state index in [2.05, 4.69) is 9.82 Å². The molecule has 0 saturated heterocycles. The first kappa shape index (κ1) is 18.1. The maximum Gasteiger partial charge on any atom is 0.335 e. The average Bonchev–Trinajstić information content (AvgIpc) is 3.10. The van der Waals surface area contributed by atoms with E-state index in [1.807, 2.05) is 6.07 Å². The number of hydrogen-bond donors (Lipinski definition) is 2. The molecule has 0 amide bonds. The lowest BCUT2D eigenvalue weighted by molar-refractivity contribution is 0.0696. The Morgan fingerprint density at radius 3 is 2.81 bits per heavy atom. The Kier molecular flexibility index (Phi) is 5.03. The third-order valence-corrected chi connectivity index (χ3v) is 5.22. The summed E-state index contributed by atoms with van der Waals surface area (Å²) in [5, 5.41) is 13.6. The van der Waals surface area contributed by atoms with Crippen LogP contribution in [0.4, 0.5) is 0 Å². The van der Waals surface area contributed by atoms with E-state index in [1.165, 1.54) is 19.2 Å². The van der Waals surface area contributed by atoms with Crippen LogP contribution in [-0.2, 0) is 14.8 Å². The van der Waals surface area contributed by atoms with Gasteiger partial charge >= 0.3 is 5.97 Å². The molecule has 0 fully saturated rings. The number of hydrogen-bond acceptors (Lipinski definition) is 5. The number of benzene rings is 1. The largest absolute Gasteiger partial charge is 0.478 e. The number of nitrogens with zero attached hydrogens (tertiary/aromatic N) is 2. The van der Waals surface area contributed by atoms with Crippen LogP contribution < -0.4 is 4.72 Å². The lowest BCUT2D eigenvalue weighted by atomic mass is 10.1. The van der Waals surface area contributed by atoms with Gasteiger partial charge in [0.1, 0.15) is 0 Å². The van der Waals surface area contributed by atoms with Crippen molar-refractivity contribution >= 4 is 21.5 Å². The molecule has 0 aliphatic rings. The Bertz CT molecular complexity index is 1060. The first-order valence-corrected chi connectivity index (χ1v) is 9.21. The van der Waals surface area contributed by atoms with Gasteiger partial charge in [0.15, 0.2) is 0 Å². The number of aromatic nitrogens is 2. The van der Waals surface area contributed by atoms with Gasteiger partial charge in [-0.15, -0.1) is 0 Å².